The van der Waals surface area contributed by atoms with Gasteiger partial charge in [0.2, 0.25) is 0 Å². The van der Waals surface area contributed by atoms with Crippen molar-refractivity contribution in [2.24, 2.45) is 5.84 Å². The molecule has 0 amide bonds. The van der Waals surface area contributed by atoms with Crippen LogP contribution in [0.25, 0.3) is 0 Å². The maximum atomic E-state index is 5.72. The zero-order chi connectivity index (χ0) is 12.2. The maximum absolute atomic E-state index is 5.72. The summed E-state index contributed by atoms with van der Waals surface area (Å²) in [4.78, 5) is 0. The minimum Gasteiger partial charge on any atom is -0.374 e. The summed E-state index contributed by atoms with van der Waals surface area (Å²) in [6, 6.07) is 1.89. The summed E-state index contributed by atoms with van der Waals surface area (Å²) in [5.41, 5.74) is 3.50. The van der Waals surface area contributed by atoms with Crippen molar-refractivity contribution in [1.29, 1.82) is 0 Å². The third kappa shape index (κ3) is 2.61. The van der Waals surface area contributed by atoms with Gasteiger partial charge in [-0.1, -0.05) is 0 Å². The molecule has 0 saturated carbocycles. The molecule has 0 radical (unpaired) electrons. The van der Waals surface area contributed by atoms with E-state index < -0.39 is 0 Å². The Labute approximate surface area is 96.9 Å². The molecular formula is C11H22N4O. The van der Waals surface area contributed by atoms with E-state index in [1.54, 1.807) is 6.20 Å². The Morgan fingerprint density at radius 3 is 2.75 bits per heavy atom. The molecule has 3 N–H and O–H groups in total. The van der Waals surface area contributed by atoms with Gasteiger partial charge < -0.3 is 4.74 Å². The van der Waals surface area contributed by atoms with Crippen LogP contribution >= 0.6 is 0 Å². The van der Waals surface area contributed by atoms with Gasteiger partial charge in [-0.25, -0.2) is 5.43 Å². The lowest BCUT2D eigenvalue weighted by Crippen LogP contribution is -2.45. The summed E-state index contributed by atoms with van der Waals surface area (Å²) in [6.07, 6.45) is 1.78. The molecule has 92 valence electrons. The fourth-order valence-corrected chi connectivity index (χ4v) is 1.95. The molecule has 0 fully saturated rings. The van der Waals surface area contributed by atoms with Crippen LogP contribution in [0.1, 0.15) is 39.4 Å². The van der Waals surface area contributed by atoms with Gasteiger partial charge in [0.05, 0.1) is 17.3 Å². The van der Waals surface area contributed by atoms with E-state index >= 15 is 0 Å². The Hall–Kier alpha value is -0.910. The second-order valence-corrected chi connectivity index (χ2v) is 4.21. The van der Waals surface area contributed by atoms with Crippen LogP contribution in [0.15, 0.2) is 12.3 Å². The summed E-state index contributed by atoms with van der Waals surface area (Å²) >= 11 is 0. The average Bonchev–Trinajstić information content (AvgIpc) is 2.66. The van der Waals surface area contributed by atoms with E-state index in [0.717, 1.165) is 12.2 Å². The highest BCUT2D eigenvalue weighted by molar-refractivity contribution is 5.11. The van der Waals surface area contributed by atoms with Crippen molar-refractivity contribution in [3.63, 3.8) is 0 Å². The van der Waals surface area contributed by atoms with Crippen molar-refractivity contribution in [2.75, 3.05) is 6.61 Å². The summed E-state index contributed by atoms with van der Waals surface area (Å²) in [5.74, 6) is 5.63. The van der Waals surface area contributed by atoms with E-state index in [-0.39, 0.29) is 11.6 Å². The quantitative estimate of drug-likeness (QED) is 0.565. The Morgan fingerprint density at radius 1 is 1.56 bits per heavy atom. The van der Waals surface area contributed by atoms with Crippen LogP contribution in [-0.2, 0) is 11.3 Å². The van der Waals surface area contributed by atoms with E-state index in [9.17, 15) is 0 Å². The maximum Gasteiger partial charge on any atom is 0.0912 e. The van der Waals surface area contributed by atoms with E-state index in [2.05, 4.69) is 17.4 Å². The molecule has 1 heterocycles. The molecule has 0 aliphatic rings. The molecule has 0 saturated heterocycles. The molecule has 0 aromatic carbocycles. The van der Waals surface area contributed by atoms with Crippen molar-refractivity contribution in [3.05, 3.63) is 18.0 Å². The normalized spacial score (nSPS) is 14.1. The predicted molar refractivity (Wildman–Crippen MR) is 63.7 cm³/mol. The molecule has 1 aromatic rings. The number of hydrogen-bond donors (Lipinski definition) is 2. The van der Waals surface area contributed by atoms with Gasteiger partial charge in [-0.3, -0.25) is 10.5 Å². The van der Waals surface area contributed by atoms with Crippen LogP contribution in [0, 0.1) is 0 Å². The summed E-state index contributed by atoms with van der Waals surface area (Å²) in [6.45, 7) is 9.56. The van der Waals surface area contributed by atoms with E-state index in [1.807, 2.05) is 31.5 Å². The first-order valence-corrected chi connectivity index (χ1v) is 5.68. The zero-order valence-electron chi connectivity index (χ0n) is 10.5. The Balaban J connectivity index is 2.97. The topological polar surface area (TPSA) is 65.1 Å². The highest BCUT2D eigenvalue weighted by atomic mass is 16.5. The Morgan fingerprint density at radius 2 is 2.25 bits per heavy atom. The Kier molecular flexibility index (Phi) is 4.46. The largest absolute Gasteiger partial charge is 0.374 e. The minimum atomic E-state index is -0.365. The van der Waals surface area contributed by atoms with Crippen LogP contribution in [0.5, 0.6) is 0 Å². The van der Waals surface area contributed by atoms with Crippen molar-refractivity contribution < 1.29 is 4.74 Å². The number of aromatic nitrogens is 2. The van der Waals surface area contributed by atoms with Crippen molar-refractivity contribution in [1.82, 2.24) is 15.2 Å². The summed E-state index contributed by atoms with van der Waals surface area (Å²) in [7, 11) is 0. The second kappa shape index (κ2) is 5.43. The van der Waals surface area contributed by atoms with Gasteiger partial charge in [0.15, 0.2) is 0 Å². The standard InChI is InChI=1S/C11H22N4O/c1-5-15-9(7-8-13-15)10(14-12)11(3,4)16-6-2/h7-8,10,14H,5-6,12H2,1-4H3. The van der Waals surface area contributed by atoms with Crippen LogP contribution in [0.3, 0.4) is 0 Å². The highest BCUT2D eigenvalue weighted by Crippen LogP contribution is 2.27. The fourth-order valence-electron chi connectivity index (χ4n) is 1.95. The van der Waals surface area contributed by atoms with E-state index in [4.69, 9.17) is 10.6 Å². The highest BCUT2D eigenvalue weighted by Gasteiger charge is 2.32. The zero-order valence-corrected chi connectivity index (χ0v) is 10.5. The van der Waals surface area contributed by atoms with Crippen molar-refractivity contribution in [2.45, 2.75) is 45.9 Å². The Bertz CT molecular complexity index is 322. The number of nitrogens with zero attached hydrogens (tertiary/aromatic N) is 2. The molecule has 16 heavy (non-hydrogen) atoms. The SMILES string of the molecule is CCOC(C)(C)C(NN)c1ccnn1CC. The molecule has 1 aromatic heterocycles. The van der Waals surface area contributed by atoms with Crippen molar-refractivity contribution in [3.8, 4) is 0 Å². The van der Waals surface area contributed by atoms with Gasteiger partial charge in [-0.15, -0.1) is 0 Å². The van der Waals surface area contributed by atoms with Crippen LogP contribution in [0.4, 0.5) is 0 Å². The summed E-state index contributed by atoms with van der Waals surface area (Å²) < 4.78 is 7.64. The summed E-state index contributed by atoms with van der Waals surface area (Å²) in [5, 5.41) is 4.24. The van der Waals surface area contributed by atoms with Crippen LogP contribution in [0.2, 0.25) is 0 Å². The number of nitrogens with one attached hydrogen (secondary N) is 1. The smallest absolute Gasteiger partial charge is 0.0912 e. The number of nitrogens with two attached hydrogens (primary N) is 1. The second-order valence-electron chi connectivity index (χ2n) is 4.21. The molecule has 0 spiro atoms. The average molecular weight is 226 g/mol. The third-order valence-corrected chi connectivity index (χ3v) is 2.72. The van der Waals surface area contributed by atoms with Gasteiger partial charge in [-0.2, -0.15) is 5.10 Å². The van der Waals surface area contributed by atoms with Gasteiger partial charge >= 0.3 is 0 Å². The fraction of sp³-hybridized carbons (Fsp3) is 0.727. The molecule has 1 unspecified atom stereocenters. The first kappa shape index (κ1) is 13.2. The number of hydrazine groups is 1. The van der Waals surface area contributed by atoms with Gasteiger partial charge in [0.25, 0.3) is 0 Å². The molecule has 5 nitrogen and oxygen atoms in total. The van der Waals surface area contributed by atoms with Crippen LogP contribution < -0.4 is 11.3 Å². The number of hydrogen-bond acceptors (Lipinski definition) is 4. The molecule has 1 atom stereocenters. The molecule has 0 aliphatic heterocycles. The van der Waals surface area contributed by atoms with Gasteiger partial charge in [0.1, 0.15) is 0 Å². The van der Waals surface area contributed by atoms with Gasteiger partial charge in [0, 0.05) is 19.3 Å². The number of rotatable bonds is 6. The third-order valence-electron chi connectivity index (χ3n) is 2.72. The molecular weight excluding hydrogens is 204 g/mol. The number of ether oxygens (including phenoxy) is 1. The lowest BCUT2D eigenvalue weighted by molar-refractivity contribution is -0.0412. The lowest BCUT2D eigenvalue weighted by Gasteiger charge is -2.33. The number of aryl methyl sites for hydroxylation is 1. The first-order chi connectivity index (χ1) is 7.56. The van der Waals surface area contributed by atoms with Crippen LogP contribution in [-0.4, -0.2) is 22.0 Å². The minimum absolute atomic E-state index is 0.0742. The monoisotopic (exact) mass is 226 g/mol. The van der Waals surface area contributed by atoms with Crippen molar-refractivity contribution >= 4 is 0 Å². The predicted octanol–water partition coefficient (Wildman–Crippen LogP) is 1.22. The lowest BCUT2D eigenvalue weighted by atomic mass is 9.96. The van der Waals surface area contributed by atoms with Gasteiger partial charge in [-0.05, 0) is 33.8 Å². The molecule has 5 heteroatoms. The van der Waals surface area contributed by atoms with E-state index in [1.165, 1.54) is 0 Å². The molecule has 1 rings (SSSR count). The van der Waals surface area contributed by atoms with E-state index in [0.29, 0.717) is 6.61 Å². The molecule has 0 bridgehead atoms. The first-order valence-electron chi connectivity index (χ1n) is 5.68. The molecule has 0 aliphatic carbocycles.